The molecule has 0 fully saturated rings. The SMILES string of the molecule is C=C(C)CCc1c(OC)cc(/C=C/c2ccccc2)c(C(=O)O)c1OC(C)=O. The van der Waals surface area contributed by atoms with Gasteiger partial charge in [-0.15, -0.1) is 6.58 Å². The number of benzene rings is 2. The van der Waals surface area contributed by atoms with Crippen LogP contribution < -0.4 is 9.47 Å². The van der Waals surface area contributed by atoms with Crippen molar-refractivity contribution in [3.63, 3.8) is 0 Å². The van der Waals surface area contributed by atoms with Gasteiger partial charge in [0.1, 0.15) is 11.3 Å². The second-order valence-electron chi connectivity index (χ2n) is 6.45. The summed E-state index contributed by atoms with van der Waals surface area (Å²) in [5, 5.41) is 9.84. The standard InChI is InChI=1S/C23H24O5/c1-15(2)10-13-19-20(27-4)14-18(12-11-17-8-6-5-7-9-17)21(23(25)26)22(19)28-16(3)24/h5-9,11-12,14H,1,10,13H2,2-4H3,(H,25,26)/b12-11+. The summed E-state index contributed by atoms with van der Waals surface area (Å²) in [6, 6.07) is 11.2. The number of hydrogen-bond donors (Lipinski definition) is 1. The Balaban J connectivity index is 2.67. The molecule has 0 spiro atoms. The number of esters is 1. The first-order valence-electron chi connectivity index (χ1n) is 8.86. The van der Waals surface area contributed by atoms with Crippen LogP contribution in [0.25, 0.3) is 12.2 Å². The van der Waals surface area contributed by atoms with E-state index in [-0.39, 0.29) is 11.3 Å². The summed E-state index contributed by atoms with van der Waals surface area (Å²) in [4.78, 5) is 23.7. The fourth-order valence-corrected chi connectivity index (χ4v) is 2.81. The average Bonchev–Trinajstić information content (AvgIpc) is 2.64. The maximum atomic E-state index is 12.0. The second kappa shape index (κ2) is 9.55. The summed E-state index contributed by atoms with van der Waals surface area (Å²) in [6.07, 6.45) is 4.54. The van der Waals surface area contributed by atoms with Crippen molar-refractivity contribution >= 4 is 24.1 Å². The van der Waals surface area contributed by atoms with Crippen molar-refractivity contribution in [2.45, 2.75) is 26.7 Å². The number of carbonyl (C=O) groups is 2. The van der Waals surface area contributed by atoms with Gasteiger partial charge in [-0.3, -0.25) is 4.79 Å². The molecule has 28 heavy (non-hydrogen) atoms. The number of ether oxygens (including phenoxy) is 2. The molecule has 0 saturated carbocycles. The van der Waals surface area contributed by atoms with E-state index in [1.165, 1.54) is 14.0 Å². The van der Waals surface area contributed by atoms with Crippen LogP contribution in [0.1, 0.15) is 47.3 Å². The van der Waals surface area contributed by atoms with E-state index >= 15 is 0 Å². The molecule has 0 amide bonds. The molecule has 0 aliphatic rings. The van der Waals surface area contributed by atoms with Crippen LogP contribution in [0.15, 0.2) is 48.6 Å². The summed E-state index contributed by atoms with van der Waals surface area (Å²) in [5.41, 5.74) is 2.71. The van der Waals surface area contributed by atoms with E-state index in [1.807, 2.05) is 37.3 Å². The van der Waals surface area contributed by atoms with Gasteiger partial charge >= 0.3 is 11.9 Å². The number of carbonyl (C=O) groups excluding carboxylic acids is 1. The second-order valence-corrected chi connectivity index (χ2v) is 6.45. The van der Waals surface area contributed by atoms with E-state index in [4.69, 9.17) is 9.47 Å². The molecule has 0 bridgehead atoms. The highest BCUT2D eigenvalue weighted by molar-refractivity contribution is 5.98. The summed E-state index contributed by atoms with van der Waals surface area (Å²) in [6.45, 7) is 7.00. The maximum absolute atomic E-state index is 12.0. The molecule has 1 N–H and O–H groups in total. The van der Waals surface area contributed by atoms with E-state index < -0.39 is 11.9 Å². The lowest BCUT2D eigenvalue weighted by atomic mass is 9.96. The van der Waals surface area contributed by atoms with Crippen molar-refractivity contribution in [3.8, 4) is 11.5 Å². The third-order valence-corrected chi connectivity index (χ3v) is 4.11. The predicted molar refractivity (Wildman–Crippen MR) is 110 cm³/mol. The number of rotatable bonds is 8. The normalized spacial score (nSPS) is 10.7. The van der Waals surface area contributed by atoms with Gasteiger partial charge in [-0.2, -0.15) is 0 Å². The lowest BCUT2D eigenvalue weighted by molar-refractivity contribution is -0.131. The van der Waals surface area contributed by atoms with Gasteiger partial charge in [0.25, 0.3) is 0 Å². The van der Waals surface area contributed by atoms with Gasteiger partial charge in [-0.05, 0) is 37.0 Å². The van der Waals surface area contributed by atoms with Gasteiger partial charge in [0.2, 0.25) is 0 Å². The number of carboxylic acids is 1. The van der Waals surface area contributed by atoms with Crippen LogP contribution in [-0.2, 0) is 11.2 Å². The van der Waals surface area contributed by atoms with Crippen LogP contribution >= 0.6 is 0 Å². The van der Waals surface area contributed by atoms with Crippen molar-refractivity contribution in [3.05, 3.63) is 70.8 Å². The van der Waals surface area contributed by atoms with Gasteiger partial charge in [-0.25, -0.2) is 4.79 Å². The van der Waals surface area contributed by atoms with Gasteiger partial charge in [-0.1, -0.05) is 48.1 Å². The van der Waals surface area contributed by atoms with Crippen LogP contribution in [-0.4, -0.2) is 24.2 Å². The highest BCUT2D eigenvalue weighted by atomic mass is 16.5. The van der Waals surface area contributed by atoms with Crippen molar-refractivity contribution in [1.82, 2.24) is 0 Å². The average molecular weight is 380 g/mol. The van der Waals surface area contributed by atoms with E-state index in [0.29, 0.717) is 29.7 Å². The number of methoxy groups -OCH3 is 1. The van der Waals surface area contributed by atoms with E-state index in [0.717, 1.165) is 11.1 Å². The molecule has 5 nitrogen and oxygen atoms in total. The molecular formula is C23H24O5. The first-order valence-corrected chi connectivity index (χ1v) is 8.86. The molecule has 146 valence electrons. The summed E-state index contributed by atoms with van der Waals surface area (Å²) in [7, 11) is 1.50. The van der Waals surface area contributed by atoms with Crippen molar-refractivity contribution in [2.24, 2.45) is 0 Å². The van der Waals surface area contributed by atoms with Crippen molar-refractivity contribution in [1.29, 1.82) is 0 Å². The number of allylic oxidation sites excluding steroid dienone is 1. The lowest BCUT2D eigenvalue weighted by Gasteiger charge is -2.18. The van der Waals surface area contributed by atoms with E-state index in [1.54, 1.807) is 18.2 Å². The Hall–Kier alpha value is -3.34. The van der Waals surface area contributed by atoms with Crippen molar-refractivity contribution < 1.29 is 24.2 Å². The van der Waals surface area contributed by atoms with Crippen LogP contribution in [0, 0.1) is 0 Å². The number of hydrogen-bond acceptors (Lipinski definition) is 4. The largest absolute Gasteiger partial charge is 0.496 e. The zero-order valence-corrected chi connectivity index (χ0v) is 16.3. The summed E-state index contributed by atoms with van der Waals surface area (Å²) in [5.74, 6) is -1.28. The zero-order valence-electron chi connectivity index (χ0n) is 16.3. The quantitative estimate of drug-likeness (QED) is 0.302. The molecule has 0 aliphatic heterocycles. The highest BCUT2D eigenvalue weighted by Gasteiger charge is 2.24. The lowest BCUT2D eigenvalue weighted by Crippen LogP contribution is -2.13. The highest BCUT2D eigenvalue weighted by Crippen LogP contribution is 2.38. The van der Waals surface area contributed by atoms with E-state index in [2.05, 4.69) is 6.58 Å². The van der Waals surface area contributed by atoms with Gasteiger partial charge in [0.05, 0.1) is 7.11 Å². The Kier molecular flexibility index (Phi) is 7.15. The first kappa shape index (κ1) is 21.0. The Morgan fingerprint density at radius 3 is 2.36 bits per heavy atom. The molecule has 0 unspecified atom stereocenters. The van der Waals surface area contributed by atoms with Crippen LogP contribution in [0.5, 0.6) is 11.5 Å². The first-order chi connectivity index (χ1) is 13.3. The van der Waals surface area contributed by atoms with Crippen molar-refractivity contribution in [2.75, 3.05) is 7.11 Å². The molecule has 0 radical (unpaired) electrons. The van der Waals surface area contributed by atoms with Crippen LogP contribution in [0.3, 0.4) is 0 Å². The Bertz CT molecular complexity index is 910. The minimum Gasteiger partial charge on any atom is -0.496 e. The van der Waals surface area contributed by atoms with Crippen LogP contribution in [0.4, 0.5) is 0 Å². The number of carboxylic acid groups (broad SMARTS) is 1. The Morgan fingerprint density at radius 1 is 1.14 bits per heavy atom. The predicted octanol–water partition coefficient (Wildman–Crippen LogP) is 5.00. The molecule has 0 saturated heterocycles. The van der Waals surface area contributed by atoms with Gasteiger partial charge in [0, 0.05) is 12.5 Å². The van der Waals surface area contributed by atoms with Gasteiger partial charge < -0.3 is 14.6 Å². The Morgan fingerprint density at radius 2 is 1.82 bits per heavy atom. The summed E-state index contributed by atoms with van der Waals surface area (Å²) < 4.78 is 10.8. The zero-order chi connectivity index (χ0) is 20.7. The molecule has 0 aromatic heterocycles. The Labute approximate surface area is 164 Å². The molecule has 0 heterocycles. The minimum atomic E-state index is -1.18. The fourth-order valence-electron chi connectivity index (χ4n) is 2.81. The molecule has 0 atom stereocenters. The monoisotopic (exact) mass is 380 g/mol. The maximum Gasteiger partial charge on any atom is 0.340 e. The molecular weight excluding hydrogens is 356 g/mol. The van der Waals surface area contributed by atoms with Gasteiger partial charge in [0.15, 0.2) is 5.75 Å². The molecule has 5 heteroatoms. The smallest absolute Gasteiger partial charge is 0.340 e. The molecule has 2 rings (SSSR count). The fraction of sp³-hybridized carbons (Fsp3) is 0.217. The third kappa shape index (κ3) is 5.33. The minimum absolute atomic E-state index is 0.0216. The molecule has 2 aromatic carbocycles. The topological polar surface area (TPSA) is 72.8 Å². The van der Waals surface area contributed by atoms with E-state index in [9.17, 15) is 14.7 Å². The third-order valence-electron chi connectivity index (χ3n) is 4.11. The molecule has 2 aromatic rings. The number of aromatic carboxylic acids is 1. The summed E-state index contributed by atoms with van der Waals surface area (Å²) >= 11 is 0. The van der Waals surface area contributed by atoms with Crippen LogP contribution in [0.2, 0.25) is 0 Å². The molecule has 0 aliphatic carbocycles.